The number of phenols is 1. The number of amides is 1. The van der Waals surface area contributed by atoms with Crippen molar-refractivity contribution in [2.24, 2.45) is 0 Å². The van der Waals surface area contributed by atoms with E-state index in [4.69, 9.17) is 21.1 Å². The fourth-order valence-corrected chi connectivity index (χ4v) is 4.06. The predicted octanol–water partition coefficient (Wildman–Crippen LogP) is 4.52. The molecule has 0 saturated carbocycles. The minimum atomic E-state index is -1.31. The van der Waals surface area contributed by atoms with E-state index in [0.717, 1.165) is 16.3 Å². The molecule has 0 aliphatic rings. The second kappa shape index (κ2) is 11.5. The number of aromatic nitrogens is 2. The maximum absolute atomic E-state index is 13.1. The van der Waals surface area contributed by atoms with Gasteiger partial charge in [0.25, 0.3) is 11.5 Å². The number of carbonyl (C=O) groups excluding carboxylic acids is 1. The maximum Gasteiger partial charge on any atom is 0.281 e. The quantitative estimate of drug-likeness (QED) is 0.304. The van der Waals surface area contributed by atoms with Crippen LogP contribution in [0.5, 0.6) is 11.5 Å². The van der Waals surface area contributed by atoms with E-state index >= 15 is 0 Å². The molecule has 1 heterocycles. The van der Waals surface area contributed by atoms with Crippen LogP contribution in [0.1, 0.15) is 15.9 Å². The molecule has 0 saturated heterocycles. The van der Waals surface area contributed by atoms with Crippen molar-refractivity contribution in [1.29, 1.82) is 0 Å². The van der Waals surface area contributed by atoms with Gasteiger partial charge in [-0.05, 0) is 48.0 Å². The van der Waals surface area contributed by atoms with Crippen molar-refractivity contribution in [3.05, 3.63) is 75.0 Å². The minimum Gasteiger partial charge on any atom is -0.504 e. The summed E-state index contributed by atoms with van der Waals surface area (Å²) >= 11 is 5.92. The molecule has 0 radical (unpaired) electrons. The zero-order valence-electron chi connectivity index (χ0n) is 20.3. The van der Waals surface area contributed by atoms with Gasteiger partial charge in [0.15, 0.2) is 11.5 Å². The van der Waals surface area contributed by atoms with Crippen LogP contribution in [0.3, 0.4) is 0 Å². The highest BCUT2D eigenvalue weighted by molar-refractivity contribution is 6.76. The van der Waals surface area contributed by atoms with E-state index in [0.29, 0.717) is 22.9 Å². The van der Waals surface area contributed by atoms with E-state index < -0.39 is 19.5 Å². The van der Waals surface area contributed by atoms with Crippen LogP contribution in [-0.2, 0) is 18.0 Å². The Hall–Kier alpha value is -3.14. The molecule has 1 aromatic heterocycles. The summed E-state index contributed by atoms with van der Waals surface area (Å²) in [5, 5.41) is 17.7. The summed E-state index contributed by atoms with van der Waals surface area (Å²) in [4.78, 5) is 26.1. The van der Waals surface area contributed by atoms with Gasteiger partial charge in [-0.2, -0.15) is 5.10 Å². The van der Waals surface area contributed by atoms with E-state index in [-0.39, 0.29) is 30.3 Å². The lowest BCUT2D eigenvalue weighted by Gasteiger charge is -2.16. The molecule has 8 nitrogen and oxygen atoms in total. The van der Waals surface area contributed by atoms with E-state index in [9.17, 15) is 14.7 Å². The molecule has 0 atom stereocenters. The summed E-state index contributed by atoms with van der Waals surface area (Å²) in [5.74, 6) is -0.308. The number of rotatable bonds is 10. The van der Waals surface area contributed by atoms with E-state index in [1.807, 2.05) is 0 Å². The third kappa shape index (κ3) is 7.42. The predicted molar refractivity (Wildman–Crippen MR) is 139 cm³/mol. The van der Waals surface area contributed by atoms with Crippen LogP contribution in [-0.4, -0.2) is 42.6 Å². The monoisotopic (exact) mass is 515 g/mol. The lowest BCUT2D eigenvalue weighted by Crippen LogP contribution is -2.35. The largest absolute Gasteiger partial charge is 0.504 e. The van der Waals surface area contributed by atoms with Crippen LogP contribution in [0.4, 0.5) is 0 Å². The van der Waals surface area contributed by atoms with Crippen molar-refractivity contribution in [2.45, 2.75) is 39.0 Å². The summed E-state index contributed by atoms with van der Waals surface area (Å²) in [6.07, 6.45) is 0. The van der Waals surface area contributed by atoms with Crippen LogP contribution in [0.2, 0.25) is 30.7 Å². The molecule has 0 aliphatic heterocycles. The number of hydrogen-bond acceptors (Lipinski definition) is 6. The fourth-order valence-electron chi connectivity index (χ4n) is 3.18. The highest BCUT2D eigenvalue weighted by atomic mass is 35.5. The Labute approximate surface area is 210 Å². The molecule has 3 aromatic rings. The first-order chi connectivity index (χ1) is 16.6. The first kappa shape index (κ1) is 26.5. The average Bonchev–Trinajstić information content (AvgIpc) is 2.82. The first-order valence-electron chi connectivity index (χ1n) is 11.2. The molecule has 0 bridgehead atoms. The number of aromatic hydroxyl groups is 1. The van der Waals surface area contributed by atoms with E-state index in [1.54, 1.807) is 36.4 Å². The lowest BCUT2D eigenvalue weighted by molar-refractivity contribution is 0.0744. The number of nitrogens with one attached hydrogen (secondary N) is 1. The summed E-state index contributed by atoms with van der Waals surface area (Å²) in [7, 11) is 0.133. The maximum atomic E-state index is 13.1. The van der Waals surface area contributed by atoms with Crippen molar-refractivity contribution in [2.75, 3.05) is 13.7 Å². The van der Waals surface area contributed by atoms with Gasteiger partial charge in [-0.3, -0.25) is 9.59 Å². The van der Waals surface area contributed by atoms with Crippen molar-refractivity contribution < 1.29 is 19.4 Å². The summed E-state index contributed by atoms with van der Waals surface area (Å²) in [6, 6.07) is 14.1. The molecule has 10 heteroatoms. The second-order valence-corrected chi connectivity index (χ2v) is 15.3. The van der Waals surface area contributed by atoms with Crippen molar-refractivity contribution >= 4 is 25.6 Å². The van der Waals surface area contributed by atoms with Gasteiger partial charge in [0.05, 0.1) is 12.8 Å². The second-order valence-electron chi connectivity index (χ2n) is 9.29. The Morgan fingerprint density at radius 2 is 1.86 bits per heavy atom. The third-order valence-corrected chi connectivity index (χ3v) is 7.23. The standard InChI is InChI=1S/C25H30ClN3O5Si/c1-33-23-13-18(7-10-22(23)30)21-14-20(24(31)27-15-17-5-8-19(26)9-6-17)25(32)29(28-21)16-34-11-12-35(2,3)4/h5-10,13-14,30H,11-12,15-16H2,1-4H3,(H,27,31). The Kier molecular flexibility index (Phi) is 8.71. The number of benzene rings is 2. The first-order valence-corrected chi connectivity index (χ1v) is 15.3. The van der Waals surface area contributed by atoms with Gasteiger partial charge in [0.2, 0.25) is 0 Å². The molecule has 0 unspecified atom stereocenters. The summed E-state index contributed by atoms with van der Waals surface area (Å²) < 4.78 is 12.1. The topological polar surface area (TPSA) is 103 Å². The zero-order valence-corrected chi connectivity index (χ0v) is 22.1. The van der Waals surface area contributed by atoms with Crippen molar-refractivity contribution in [3.8, 4) is 22.8 Å². The van der Waals surface area contributed by atoms with E-state index in [1.165, 1.54) is 19.2 Å². The van der Waals surface area contributed by atoms with Crippen molar-refractivity contribution in [3.63, 3.8) is 0 Å². The van der Waals surface area contributed by atoms with Gasteiger partial charge in [0.1, 0.15) is 12.3 Å². The van der Waals surface area contributed by atoms with Gasteiger partial charge in [0, 0.05) is 31.8 Å². The average molecular weight is 516 g/mol. The smallest absolute Gasteiger partial charge is 0.281 e. The van der Waals surface area contributed by atoms with Crippen LogP contribution in [0.25, 0.3) is 11.3 Å². The normalized spacial score (nSPS) is 11.3. The van der Waals surface area contributed by atoms with Crippen molar-refractivity contribution in [1.82, 2.24) is 15.1 Å². The summed E-state index contributed by atoms with van der Waals surface area (Å²) in [6.45, 7) is 7.37. The third-order valence-electron chi connectivity index (χ3n) is 5.27. The Balaban J connectivity index is 1.91. The number of hydrogen-bond donors (Lipinski definition) is 2. The number of nitrogens with zero attached hydrogens (tertiary/aromatic N) is 2. The lowest BCUT2D eigenvalue weighted by atomic mass is 10.1. The molecule has 0 spiro atoms. The van der Waals surface area contributed by atoms with Gasteiger partial charge in [-0.15, -0.1) is 0 Å². The zero-order chi connectivity index (χ0) is 25.6. The molecule has 1 amide bonds. The number of methoxy groups -OCH3 is 1. The molecule has 0 fully saturated rings. The van der Waals surface area contributed by atoms with Crippen LogP contribution < -0.4 is 15.6 Å². The van der Waals surface area contributed by atoms with Gasteiger partial charge in [-0.25, -0.2) is 4.68 Å². The van der Waals surface area contributed by atoms with Crippen LogP contribution in [0.15, 0.2) is 53.3 Å². The molecule has 2 aromatic carbocycles. The molecule has 186 valence electrons. The SMILES string of the molecule is COc1cc(-c2cc(C(=O)NCc3ccc(Cl)cc3)c(=O)n(COCC[Si](C)(C)C)n2)ccc1O. The van der Waals surface area contributed by atoms with Gasteiger partial charge >= 0.3 is 0 Å². The molecular weight excluding hydrogens is 486 g/mol. The molecular formula is C25H30ClN3O5Si. The van der Waals surface area contributed by atoms with Crippen LogP contribution >= 0.6 is 11.6 Å². The molecule has 0 aliphatic carbocycles. The summed E-state index contributed by atoms with van der Waals surface area (Å²) in [5.41, 5.74) is 1.16. The number of phenolic OH excluding ortho intramolecular Hbond substituents is 1. The highest BCUT2D eigenvalue weighted by Crippen LogP contribution is 2.30. The molecule has 35 heavy (non-hydrogen) atoms. The Morgan fingerprint density at radius 3 is 2.51 bits per heavy atom. The van der Waals surface area contributed by atoms with Crippen LogP contribution in [0, 0.1) is 0 Å². The highest BCUT2D eigenvalue weighted by Gasteiger charge is 2.18. The Bertz CT molecular complexity index is 1240. The number of carbonyl (C=O) groups is 1. The molecule has 2 N–H and O–H groups in total. The van der Waals surface area contributed by atoms with Gasteiger partial charge < -0.3 is 19.9 Å². The number of ether oxygens (including phenoxy) is 2. The molecule has 3 rings (SSSR count). The minimum absolute atomic E-state index is 0.0276. The Morgan fingerprint density at radius 1 is 1.14 bits per heavy atom. The fraction of sp³-hybridized carbons (Fsp3) is 0.320. The van der Waals surface area contributed by atoms with Gasteiger partial charge in [-0.1, -0.05) is 43.4 Å². The van der Waals surface area contributed by atoms with E-state index in [2.05, 4.69) is 30.1 Å². The number of halogens is 1.